The maximum absolute atomic E-state index is 11.4. The molecule has 8 heteroatoms. The van der Waals surface area contributed by atoms with E-state index in [-0.39, 0.29) is 23.8 Å². The highest BCUT2D eigenvalue weighted by atomic mass is 32.2. The molecule has 0 unspecified atom stereocenters. The van der Waals surface area contributed by atoms with E-state index in [2.05, 4.69) is 20.0 Å². The molecule has 7 nitrogen and oxygen atoms in total. The van der Waals surface area contributed by atoms with Crippen molar-refractivity contribution in [3.8, 4) is 0 Å². The van der Waals surface area contributed by atoms with Gasteiger partial charge in [0.05, 0.1) is 5.75 Å². The summed E-state index contributed by atoms with van der Waals surface area (Å²) in [6, 6.07) is 1.30. The topological polar surface area (TPSA) is 104 Å². The fourth-order valence-corrected chi connectivity index (χ4v) is 1.83. The van der Waals surface area contributed by atoms with Crippen molar-refractivity contribution >= 4 is 15.8 Å². The number of nitrogens with zero attached hydrogens (tertiary/aromatic N) is 1. The van der Waals surface area contributed by atoms with Gasteiger partial charge in [0, 0.05) is 18.5 Å². The molecule has 0 amide bonds. The van der Waals surface area contributed by atoms with Crippen molar-refractivity contribution in [3.05, 3.63) is 22.2 Å². The maximum Gasteiger partial charge on any atom is 0.252 e. The van der Waals surface area contributed by atoms with Crippen molar-refractivity contribution in [2.45, 2.75) is 19.8 Å². The number of aromatic amines is 1. The highest BCUT2D eigenvalue weighted by Crippen LogP contribution is 2.08. The van der Waals surface area contributed by atoms with Crippen LogP contribution in [-0.2, 0) is 10.0 Å². The summed E-state index contributed by atoms with van der Waals surface area (Å²) in [5.74, 6) is 0.977. The van der Waals surface area contributed by atoms with Crippen LogP contribution in [0.2, 0.25) is 0 Å². The summed E-state index contributed by atoms with van der Waals surface area (Å²) in [5.41, 5.74) is -0.257. The smallest absolute Gasteiger partial charge is 0.252 e. The molecule has 0 aliphatic heterocycles. The number of hydrogen-bond donors (Lipinski definition) is 3. The third-order valence-electron chi connectivity index (χ3n) is 2.29. The number of H-pyrrole nitrogens is 1. The second-order valence-corrected chi connectivity index (χ2v) is 6.17. The molecule has 0 atom stereocenters. The molecule has 1 rings (SSSR count). The summed E-state index contributed by atoms with van der Waals surface area (Å²) in [7, 11) is -1.89. The molecule has 0 saturated heterocycles. The van der Waals surface area contributed by atoms with E-state index in [1.54, 1.807) is 0 Å². The van der Waals surface area contributed by atoms with Crippen LogP contribution in [0, 0.1) is 0 Å². The van der Waals surface area contributed by atoms with Crippen LogP contribution >= 0.6 is 0 Å². The Morgan fingerprint density at radius 3 is 2.67 bits per heavy atom. The van der Waals surface area contributed by atoms with Gasteiger partial charge in [-0.3, -0.25) is 4.79 Å². The monoisotopic (exact) mass is 274 g/mol. The summed E-state index contributed by atoms with van der Waals surface area (Å²) in [4.78, 5) is 18.2. The van der Waals surface area contributed by atoms with Gasteiger partial charge in [-0.25, -0.2) is 18.1 Å². The molecule has 0 spiro atoms. The first-order valence-corrected chi connectivity index (χ1v) is 7.25. The fourth-order valence-electron chi connectivity index (χ4n) is 1.26. The van der Waals surface area contributed by atoms with Crippen LogP contribution in [0.25, 0.3) is 0 Å². The molecule has 0 aromatic carbocycles. The lowest BCUT2D eigenvalue weighted by Gasteiger charge is -2.08. The fraction of sp³-hybridized carbons (Fsp3) is 0.600. The minimum absolute atomic E-state index is 0.0744. The van der Waals surface area contributed by atoms with E-state index in [0.717, 1.165) is 0 Å². The Labute approximate surface area is 106 Å². The number of nitrogens with one attached hydrogen (secondary N) is 3. The third kappa shape index (κ3) is 4.46. The van der Waals surface area contributed by atoms with Crippen molar-refractivity contribution in [3.63, 3.8) is 0 Å². The van der Waals surface area contributed by atoms with Gasteiger partial charge in [0.15, 0.2) is 0 Å². The zero-order valence-corrected chi connectivity index (χ0v) is 11.5. The van der Waals surface area contributed by atoms with Crippen molar-refractivity contribution in [1.29, 1.82) is 0 Å². The Balaban J connectivity index is 2.71. The number of hydrogen-bond acceptors (Lipinski definition) is 5. The summed E-state index contributed by atoms with van der Waals surface area (Å²) in [6.45, 7) is 4.01. The highest BCUT2D eigenvalue weighted by Gasteiger charge is 2.08. The summed E-state index contributed by atoms with van der Waals surface area (Å²) in [6.07, 6.45) is 0. The van der Waals surface area contributed by atoms with E-state index in [9.17, 15) is 13.2 Å². The van der Waals surface area contributed by atoms with Crippen molar-refractivity contribution in [1.82, 2.24) is 14.7 Å². The zero-order chi connectivity index (χ0) is 13.8. The van der Waals surface area contributed by atoms with Gasteiger partial charge in [0.25, 0.3) is 5.56 Å². The molecule has 102 valence electrons. The first-order chi connectivity index (χ1) is 8.34. The van der Waals surface area contributed by atoms with Crippen LogP contribution in [0.3, 0.4) is 0 Å². The summed E-state index contributed by atoms with van der Waals surface area (Å²) >= 11 is 0. The molecular formula is C10H18N4O3S. The molecule has 1 aromatic rings. The van der Waals surface area contributed by atoms with E-state index in [1.807, 2.05) is 13.8 Å². The van der Waals surface area contributed by atoms with E-state index < -0.39 is 10.0 Å². The lowest BCUT2D eigenvalue weighted by Crippen LogP contribution is -2.26. The van der Waals surface area contributed by atoms with Gasteiger partial charge in [-0.15, -0.1) is 0 Å². The molecule has 3 N–H and O–H groups in total. The number of rotatable bonds is 6. The predicted octanol–water partition coefficient (Wildman–Crippen LogP) is -0.146. The van der Waals surface area contributed by atoms with Crippen LogP contribution in [0.1, 0.15) is 25.6 Å². The number of sulfonamides is 1. The lowest BCUT2D eigenvalue weighted by molar-refractivity contribution is 0.588. The molecule has 0 bridgehead atoms. The van der Waals surface area contributed by atoms with Gasteiger partial charge in [0.2, 0.25) is 10.0 Å². The molecule has 1 heterocycles. The zero-order valence-electron chi connectivity index (χ0n) is 10.6. The largest absolute Gasteiger partial charge is 0.369 e. The molecule has 0 fully saturated rings. The van der Waals surface area contributed by atoms with Gasteiger partial charge in [-0.2, -0.15) is 0 Å². The summed E-state index contributed by atoms with van der Waals surface area (Å²) in [5, 5.41) is 2.82. The van der Waals surface area contributed by atoms with Gasteiger partial charge in [-0.05, 0) is 7.05 Å². The van der Waals surface area contributed by atoms with Crippen LogP contribution in [-0.4, -0.2) is 37.7 Å². The van der Waals surface area contributed by atoms with E-state index in [1.165, 1.54) is 13.1 Å². The Kier molecular flexibility index (Phi) is 4.85. The van der Waals surface area contributed by atoms with Gasteiger partial charge in [0.1, 0.15) is 11.6 Å². The van der Waals surface area contributed by atoms with Crippen molar-refractivity contribution in [2.75, 3.05) is 24.7 Å². The van der Waals surface area contributed by atoms with Crippen LogP contribution in [0.5, 0.6) is 0 Å². The Morgan fingerprint density at radius 2 is 2.11 bits per heavy atom. The van der Waals surface area contributed by atoms with Gasteiger partial charge in [-0.1, -0.05) is 13.8 Å². The second-order valence-electron chi connectivity index (χ2n) is 4.12. The highest BCUT2D eigenvalue weighted by molar-refractivity contribution is 7.89. The minimum atomic E-state index is -3.25. The third-order valence-corrected chi connectivity index (χ3v) is 3.66. The first-order valence-electron chi connectivity index (χ1n) is 5.60. The van der Waals surface area contributed by atoms with E-state index >= 15 is 0 Å². The second kappa shape index (κ2) is 5.96. The average Bonchev–Trinajstić information content (AvgIpc) is 2.28. The Bertz CT molecular complexity index is 550. The lowest BCUT2D eigenvalue weighted by atomic mass is 10.2. The quantitative estimate of drug-likeness (QED) is 0.669. The Hall–Kier alpha value is -1.41. The van der Waals surface area contributed by atoms with Crippen molar-refractivity contribution < 1.29 is 8.42 Å². The van der Waals surface area contributed by atoms with Crippen LogP contribution in [0.15, 0.2) is 10.9 Å². The van der Waals surface area contributed by atoms with Crippen LogP contribution in [0.4, 0.5) is 5.82 Å². The number of aromatic nitrogens is 2. The normalized spacial score (nSPS) is 11.8. The molecule has 0 saturated carbocycles. The van der Waals surface area contributed by atoms with E-state index in [0.29, 0.717) is 11.6 Å². The SMILES string of the molecule is CNS(=O)(=O)CCNc1cc(=O)[nH]c(C(C)C)n1. The predicted molar refractivity (Wildman–Crippen MR) is 70.3 cm³/mol. The molecule has 0 aliphatic rings. The molecule has 18 heavy (non-hydrogen) atoms. The van der Waals surface area contributed by atoms with Gasteiger partial charge >= 0.3 is 0 Å². The maximum atomic E-state index is 11.4. The van der Waals surface area contributed by atoms with Crippen LogP contribution < -0.4 is 15.6 Å². The first kappa shape index (κ1) is 14.7. The molecule has 1 aromatic heterocycles. The van der Waals surface area contributed by atoms with Gasteiger partial charge < -0.3 is 10.3 Å². The van der Waals surface area contributed by atoms with Crippen molar-refractivity contribution in [2.24, 2.45) is 0 Å². The molecule has 0 aliphatic carbocycles. The molecular weight excluding hydrogens is 256 g/mol. The Morgan fingerprint density at radius 1 is 1.44 bits per heavy atom. The standard InChI is InChI=1S/C10H18N4O3S/c1-7(2)10-13-8(6-9(15)14-10)12-4-5-18(16,17)11-3/h6-7,11H,4-5H2,1-3H3,(H2,12,13,14,15). The average molecular weight is 274 g/mol. The summed E-state index contributed by atoms with van der Waals surface area (Å²) < 4.78 is 24.6. The minimum Gasteiger partial charge on any atom is -0.369 e. The molecule has 0 radical (unpaired) electrons. The van der Waals surface area contributed by atoms with E-state index in [4.69, 9.17) is 0 Å². The number of anilines is 1.